The predicted octanol–water partition coefficient (Wildman–Crippen LogP) is 6.20. The number of pyridine rings is 1. The topological polar surface area (TPSA) is 63.6 Å². The molecule has 0 bridgehead atoms. The zero-order chi connectivity index (χ0) is 30.0. The van der Waals surface area contributed by atoms with Crippen LogP contribution < -0.4 is 14.4 Å². The summed E-state index contributed by atoms with van der Waals surface area (Å²) in [6.07, 6.45) is 11.0. The van der Waals surface area contributed by atoms with Crippen LogP contribution >= 0.6 is 0 Å². The summed E-state index contributed by atoms with van der Waals surface area (Å²) in [4.78, 5) is 18.5. The molecule has 10 heteroatoms. The van der Waals surface area contributed by atoms with Crippen molar-refractivity contribution < 1.29 is 22.6 Å². The molecule has 8 rings (SSSR count). The monoisotopic (exact) mass is 599 g/mol. The van der Waals surface area contributed by atoms with Gasteiger partial charge in [0.25, 0.3) is 0 Å². The number of aromatic nitrogens is 3. The Kier molecular flexibility index (Phi) is 6.56. The molecule has 0 radical (unpaired) electrons. The molecule has 2 aromatic carbocycles. The number of halogens is 3. The van der Waals surface area contributed by atoms with E-state index in [1.807, 2.05) is 0 Å². The van der Waals surface area contributed by atoms with Gasteiger partial charge >= 0.3 is 6.01 Å². The molecule has 0 amide bonds. The van der Waals surface area contributed by atoms with Crippen LogP contribution in [0.5, 0.6) is 11.9 Å². The second kappa shape index (κ2) is 10.5. The Morgan fingerprint density at radius 3 is 2.84 bits per heavy atom. The molecule has 7 nitrogen and oxygen atoms in total. The summed E-state index contributed by atoms with van der Waals surface area (Å²) < 4.78 is 58.8. The lowest BCUT2D eigenvalue weighted by molar-refractivity contribution is 0.107. The second-order valence-electron chi connectivity index (χ2n) is 12.5. The molecule has 4 aliphatic heterocycles. The number of terminal acetylenes is 1. The van der Waals surface area contributed by atoms with E-state index >= 15 is 4.39 Å². The third-order valence-electron chi connectivity index (χ3n) is 9.90. The molecule has 0 saturated carbocycles. The number of rotatable bonds is 4. The van der Waals surface area contributed by atoms with E-state index in [4.69, 9.17) is 25.9 Å². The van der Waals surface area contributed by atoms with Crippen LogP contribution in [0.25, 0.3) is 32.9 Å². The number of benzene rings is 2. The van der Waals surface area contributed by atoms with Gasteiger partial charge in [0.2, 0.25) is 5.88 Å². The highest BCUT2D eigenvalue weighted by atomic mass is 19.1. The van der Waals surface area contributed by atoms with Crippen LogP contribution in [0.3, 0.4) is 0 Å². The molecule has 1 unspecified atom stereocenters. The Bertz CT molecular complexity index is 1840. The van der Waals surface area contributed by atoms with Crippen molar-refractivity contribution in [2.45, 2.75) is 62.7 Å². The van der Waals surface area contributed by atoms with Gasteiger partial charge in [-0.15, -0.1) is 6.42 Å². The van der Waals surface area contributed by atoms with Gasteiger partial charge in [-0.2, -0.15) is 9.97 Å². The molecule has 3 saturated heterocycles. The van der Waals surface area contributed by atoms with Crippen molar-refractivity contribution in [1.29, 1.82) is 0 Å². The Balaban J connectivity index is 1.32. The van der Waals surface area contributed by atoms with Crippen molar-refractivity contribution >= 4 is 27.5 Å². The summed E-state index contributed by atoms with van der Waals surface area (Å²) in [5.41, 5.74) is -0.0528. The quantitative estimate of drug-likeness (QED) is 0.259. The molecule has 3 fully saturated rings. The zero-order valence-electron chi connectivity index (χ0n) is 24.3. The van der Waals surface area contributed by atoms with Gasteiger partial charge in [-0.1, -0.05) is 43.0 Å². The van der Waals surface area contributed by atoms with Crippen molar-refractivity contribution in [3.63, 3.8) is 0 Å². The highest BCUT2D eigenvalue weighted by Gasteiger charge is 2.49. The summed E-state index contributed by atoms with van der Waals surface area (Å²) in [6, 6.07) is 8.22. The van der Waals surface area contributed by atoms with E-state index in [2.05, 4.69) is 20.7 Å². The van der Waals surface area contributed by atoms with E-state index in [-0.39, 0.29) is 41.3 Å². The van der Waals surface area contributed by atoms with Crippen molar-refractivity contribution in [3.05, 3.63) is 47.5 Å². The number of anilines is 1. The van der Waals surface area contributed by atoms with Crippen molar-refractivity contribution in [2.24, 2.45) is 0 Å². The number of alkyl halides is 1. The lowest BCUT2D eigenvalue weighted by Gasteiger charge is -2.31. The summed E-state index contributed by atoms with van der Waals surface area (Å²) >= 11 is 0. The maximum absolute atomic E-state index is 16.9. The first-order chi connectivity index (χ1) is 21.5. The van der Waals surface area contributed by atoms with E-state index in [1.165, 1.54) is 6.07 Å². The number of ether oxygens (including phenoxy) is 2. The number of nitrogens with zero attached hydrogens (tertiary/aromatic N) is 5. The molecule has 0 N–H and O–H groups in total. The number of hydrogen-bond acceptors (Lipinski definition) is 7. The van der Waals surface area contributed by atoms with Crippen LogP contribution in [0.1, 0.15) is 50.5 Å². The molecule has 0 aliphatic carbocycles. The van der Waals surface area contributed by atoms with E-state index in [0.29, 0.717) is 47.1 Å². The Morgan fingerprint density at radius 1 is 1.05 bits per heavy atom. The lowest BCUT2D eigenvalue weighted by atomic mass is 9.95. The fourth-order valence-electron chi connectivity index (χ4n) is 7.80. The minimum absolute atomic E-state index is 0.0149. The van der Waals surface area contributed by atoms with Crippen molar-refractivity contribution in [2.75, 3.05) is 37.7 Å². The average molecular weight is 600 g/mol. The average Bonchev–Trinajstić information content (AvgIpc) is 3.38. The van der Waals surface area contributed by atoms with Gasteiger partial charge < -0.3 is 14.4 Å². The van der Waals surface area contributed by atoms with Gasteiger partial charge in [0, 0.05) is 30.5 Å². The summed E-state index contributed by atoms with van der Waals surface area (Å²) in [5.74, 6) is 1.93. The molecule has 3 atom stereocenters. The SMILES string of the molecule is C#Cc1c(F)ccc2cccc(-c3nc4c5c(nc(OC[C@@]67CCCN6C[C@H](F)C7)nc5c3F)N3CCCCCC3CO4)c12. The van der Waals surface area contributed by atoms with E-state index in [9.17, 15) is 8.78 Å². The predicted molar refractivity (Wildman–Crippen MR) is 162 cm³/mol. The van der Waals surface area contributed by atoms with Gasteiger partial charge in [-0.05, 0) is 43.7 Å². The number of hydrogen-bond donors (Lipinski definition) is 0. The van der Waals surface area contributed by atoms with Crippen LogP contribution in [0.15, 0.2) is 30.3 Å². The third-order valence-corrected chi connectivity index (χ3v) is 9.90. The maximum atomic E-state index is 16.9. The van der Waals surface area contributed by atoms with Gasteiger partial charge in [0.05, 0.1) is 17.1 Å². The van der Waals surface area contributed by atoms with Gasteiger partial charge in [0.1, 0.15) is 47.6 Å². The van der Waals surface area contributed by atoms with Crippen LogP contribution in [0, 0.1) is 24.0 Å². The smallest absolute Gasteiger partial charge is 0.319 e. The minimum atomic E-state index is -0.900. The molecule has 4 aliphatic rings. The molecule has 4 aromatic rings. The molecule has 0 spiro atoms. The largest absolute Gasteiger partial charge is 0.475 e. The van der Waals surface area contributed by atoms with Crippen molar-refractivity contribution in [3.8, 4) is 35.5 Å². The zero-order valence-corrected chi connectivity index (χ0v) is 24.3. The standard InChI is InChI=1S/C34H32F3N5O2/c1-2-23-25(36)12-11-20-8-6-10-24(26(20)23)29-28(37)30-27-31(42-15-5-3-4-9-22(42)18-43-32(27)38-29)40-33(39-30)44-19-34-13-7-14-41(34)17-21(35)16-34/h1,6,8,10-12,21-22H,3-5,7,9,13-19H2/t21-,22?,34+/m1/s1. The molecular formula is C34H32F3N5O2. The van der Waals surface area contributed by atoms with Gasteiger partial charge in [0.15, 0.2) is 5.82 Å². The van der Waals surface area contributed by atoms with Crippen LogP contribution in [0.2, 0.25) is 0 Å². The lowest BCUT2D eigenvalue weighted by Crippen LogP contribution is -2.43. The second-order valence-corrected chi connectivity index (χ2v) is 12.5. The molecule has 2 aromatic heterocycles. The first kappa shape index (κ1) is 27.4. The van der Waals surface area contributed by atoms with Crippen molar-refractivity contribution in [1.82, 2.24) is 19.9 Å². The molecule has 6 heterocycles. The summed E-state index contributed by atoms with van der Waals surface area (Å²) in [6.45, 7) is 2.54. The van der Waals surface area contributed by atoms with E-state index in [0.717, 1.165) is 51.6 Å². The summed E-state index contributed by atoms with van der Waals surface area (Å²) in [5, 5.41) is 1.44. The highest BCUT2D eigenvalue weighted by Crippen LogP contribution is 2.44. The van der Waals surface area contributed by atoms with E-state index < -0.39 is 23.3 Å². The third kappa shape index (κ3) is 4.27. The van der Waals surface area contributed by atoms with E-state index in [1.54, 1.807) is 24.3 Å². The van der Waals surface area contributed by atoms with Gasteiger partial charge in [-0.25, -0.2) is 18.2 Å². The minimum Gasteiger partial charge on any atom is -0.475 e. The van der Waals surface area contributed by atoms with Crippen LogP contribution in [-0.4, -0.2) is 70.5 Å². The number of fused-ring (bicyclic) bond motifs is 4. The molecule has 44 heavy (non-hydrogen) atoms. The van der Waals surface area contributed by atoms with Crippen LogP contribution in [-0.2, 0) is 0 Å². The fourth-order valence-corrected chi connectivity index (χ4v) is 7.80. The normalized spacial score (nSPS) is 24.8. The van der Waals surface area contributed by atoms with Gasteiger partial charge in [-0.3, -0.25) is 4.90 Å². The highest BCUT2D eigenvalue weighted by molar-refractivity contribution is 6.03. The Morgan fingerprint density at radius 2 is 1.95 bits per heavy atom. The Hall–Kier alpha value is -4.10. The Labute approximate surface area is 253 Å². The van der Waals surface area contributed by atoms with Crippen LogP contribution in [0.4, 0.5) is 19.0 Å². The fraction of sp³-hybridized carbons (Fsp3) is 0.441. The summed E-state index contributed by atoms with van der Waals surface area (Å²) in [7, 11) is 0. The molecule has 226 valence electrons. The first-order valence-corrected chi connectivity index (χ1v) is 15.5. The first-order valence-electron chi connectivity index (χ1n) is 15.5. The maximum Gasteiger partial charge on any atom is 0.319 e. The molecular weight excluding hydrogens is 567 g/mol.